The van der Waals surface area contributed by atoms with Gasteiger partial charge in [0.2, 0.25) is 0 Å². The first kappa shape index (κ1) is 15.9. The first-order chi connectivity index (χ1) is 11.6. The van der Waals surface area contributed by atoms with Crippen molar-refractivity contribution in [3.8, 4) is 0 Å². The normalized spacial score (nSPS) is 16.0. The molecule has 0 N–H and O–H groups in total. The van der Waals surface area contributed by atoms with E-state index in [1.807, 2.05) is 0 Å². The minimum Gasteiger partial charge on any atom is -0.268 e. The van der Waals surface area contributed by atoms with E-state index in [1.165, 1.54) is 24.3 Å². The number of carbonyl (C=O) groups excluding carboxylic acids is 2. The van der Waals surface area contributed by atoms with Gasteiger partial charge in [0.1, 0.15) is 0 Å². The Balaban J connectivity index is 1.86. The molecule has 1 aromatic carbocycles. The van der Waals surface area contributed by atoms with Gasteiger partial charge in [-0.05, 0) is 30.0 Å². The number of nitro benzene ring substituents is 1. The molecule has 1 aliphatic heterocycles. The van der Waals surface area contributed by atoms with E-state index in [9.17, 15) is 19.7 Å². The third kappa shape index (κ3) is 3.18. The Labute approximate surface area is 141 Å². The Morgan fingerprint density at radius 1 is 1.17 bits per heavy atom. The second-order valence-corrected chi connectivity index (χ2v) is 5.90. The Kier molecular flexibility index (Phi) is 4.39. The van der Waals surface area contributed by atoms with E-state index in [0.29, 0.717) is 11.3 Å². The largest absolute Gasteiger partial charge is 0.293 e. The minimum absolute atomic E-state index is 0.120. The summed E-state index contributed by atoms with van der Waals surface area (Å²) in [5.41, 5.74) is 0.753. The lowest BCUT2D eigenvalue weighted by atomic mass is 10.1. The smallest absolute Gasteiger partial charge is 0.268 e. The van der Waals surface area contributed by atoms with Crippen molar-refractivity contribution < 1.29 is 14.5 Å². The molecule has 0 spiro atoms. The van der Waals surface area contributed by atoms with Crippen LogP contribution in [-0.4, -0.2) is 26.0 Å². The molecule has 0 saturated carbocycles. The summed E-state index contributed by atoms with van der Waals surface area (Å²) in [6.45, 7) is -0.138. The van der Waals surface area contributed by atoms with Gasteiger partial charge in [-0.2, -0.15) is 0 Å². The second-order valence-electron chi connectivity index (χ2n) is 4.91. The zero-order valence-corrected chi connectivity index (χ0v) is 13.1. The molecule has 3 rings (SSSR count). The highest BCUT2D eigenvalue weighted by Gasteiger charge is 2.36. The lowest BCUT2D eigenvalue weighted by Crippen LogP contribution is -2.27. The number of nitrogens with zero attached hydrogens (tertiary/aromatic N) is 3. The van der Waals surface area contributed by atoms with Crippen LogP contribution >= 0.6 is 11.8 Å². The molecule has 24 heavy (non-hydrogen) atoms. The highest BCUT2D eigenvalue weighted by Crippen LogP contribution is 2.34. The van der Waals surface area contributed by atoms with E-state index in [-0.39, 0.29) is 17.1 Å². The molecule has 1 aromatic heterocycles. The Morgan fingerprint density at radius 2 is 1.92 bits per heavy atom. The quantitative estimate of drug-likeness (QED) is 0.481. The number of pyridine rings is 1. The van der Waals surface area contributed by atoms with Gasteiger partial charge >= 0.3 is 0 Å². The maximum absolute atomic E-state index is 12.4. The first-order valence-corrected chi connectivity index (χ1v) is 7.76. The first-order valence-electron chi connectivity index (χ1n) is 6.95. The van der Waals surface area contributed by atoms with Crippen molar-refractivity contribution in [1.29, 1.82) is 0 Å². The summed E-state index contributed by atoms with van der Waals surface area (Å²) in [6, 6.07) is 11.3. The van der Waals surface area contributed by atoms with Gasteiger partial charge in [0.25, 0.3) is 16.8 Å². The number of hydrogen-bond donors (Lipinski definition) is 0. The predicted molar refractivity (Wildman–Crippen MR) is 88.8 cm³/mol. The molecule has 8 heteroatoms. The molecule has 0 radical (unpaired) electrons. The minimum atomic E-state index is -0.530. The molecule has 1 saturated heterocycles. The van der Waals surface area contributed by atoms with Gasteiger partial charge in [0.15, 0.2) is 0 Å². The van der Waals surface area contributed by atoms with E-state index in [1.54, 1.807) is 30.5 Å². The number of para-hydroxylation sites is 1. The van der Waals surface area contributed by atoms with E-state index in [4.69, 9.17) is 0 Å². The molecule has 0 unspecified atom stereocenters. The third-order valence-electron chi connectivity index (χ3n) is 3.36. The van der Waals surface area contributed by atoms with Crippen LogP contribution in [0.3, 0.4) is 0 Å². The van der Waals surface area contributed by atoms with Crippen LogP contribution in [0.5, 0.6) is 0 Å². The molecule has 2 aromatic rings. The average molecular weight is 341 g/mol. The summed E-state index contributed by atoms with van der Waals surface area (Å²) in [4.78, 5) is 40.4. The fraction of sp³-hybridized carbons (Fsp3) is 0.0625. The topological polar surface area (TPSA) is 93.4 Å². The number of imide groups is 1. The molecule has 0 atom stereocenters. The highest BCUT2D eigenvalue weighted by molar-refractivity contribution is 8.18. The number of nitro groups is 1. The average Bonchev–Trinajstić information content (AvgIpc) is 2.84. The highest BCUT2D eigenvalue weighted by atomic mass is 32.2. The number of carbonyl (C=O) groups is 2. The Morgan fingerprint density at radius 3 is 2.62 bits per heavy atom. The van der Waals surface area contributed by atoms with Crippen molar-refractivity contribution in [1.82, 2.24) is 9.88 Å². The fourth-order valence-corrected chi connectivity index (χ4v) is 3.05. The van der Waals surface area contributed by atoms with Gasteiger partial charge < -0.3 is 0 Å². The summed E-state index contributed by atoms with van der Waals surface area (Å²) in [5.74, 6) is -0.478. The Hall–Kier alpha value is -3.00. The third-order valence-corrected chi connectivity index (χ3v) is 4.26. The van der Waals surface area contributed by atoms with Crippen molar-refractivity contribution in [2.24, 2.45) is 0 Å². The van der Waals surface area contributed by atoms with Crippen LogP contribution in [0, 0.1) is 10.1 Å². The molecular formula is C16H11N3O4S. The van der Waals surface area contributed by atoms with Crippen LogP contribution in [0.2, 0.25) is 0 Å². The maximum atomic E-state index is 12.4. The number of benzene rings is 1. The summed E-state index contributed by atoms with van der Waals surface area (Å²) in [7, 11) is 0. The maximum Gasteiger partial charge on any atom is 0.293 e. The van der Waals surface area contributed by atoms with E-state index >= 15 is 0 Å². The van der Waals surface area contributed by atoms with E-state index in [2.05, 4.69) is 4.98 Å². The molecule has 0 bridgehead atoms. The van der Waals surface area contributed by atoms with Gasteiger partial charge in [-0.1, -0.05) is 24.3 Å². The van der Waals surface area contributed by atoms with Crippen molar-refractivity contribution in [2.45, 2.75) is 6.54 Å². The van der Waals surface area contributed by atoms with Crippen molar-refractivity contribution in [3.05, 3.63) is 74.9 Å². The number of aromatic nitrogens is 1. The van der Waals surface area contributed by atoms with Crippen molar-refractivity contribution in [2.75, 3.05) is 0 Å². The molecule has 2 heterocycles. The van der Waals surface area contributed by atoms with Gasteiger partial charge in [-0.25, -0.2) is 0 Å². The van der Waals surface area contributed by atoms with Crippen LogP contribution in [0.15, 0.2) is 53.6 Å². The molecular weight excluding hydrogens is 330 g/mol. The zero-order chi connectivity index (χ0) is 17.1. The standard InChI is InChI=1S/C16H11N3O4S/c20-15-14(9-12-6-3-4-8-17-12)24-16(21)18(15)10-11-5-1-2-7-13(11)19(22)23/h1-9H,10H2/b14-9-. The van der Waals surface area contributed by atoms with Crippen LogP contribution in [0.1, 0.15) is 11.3 Å². The predicted octanol–water partition coefficient (Wildman–Crippen LogP) is 3.23. The molecule has 7 nitrogen and oxygen atoms in total. The van der Waals surface area contributed by atoms with Gasteiger partial charge in [-0.15, -0.1) is 0 Å². The van der Waals surface area contributed by atoms with E-state index < -0.39 is 16.1 Å². The van der Waals surface area contributed by atoms with E-state index in [0.717, 1.165) is 16.7 Å². The number of thioether (sulfide) groups is 1. The molecule has 1 fully saturated rings. The van der Waals surface area contributed by atoms with Crippen LogP contribution < -0.4 is 0 Å². The summed E-state index contributed by atoms with van der Waals surface area (Å²) in [6.07, 6.45) is 3.12. The summed E-state index contributed by atoms with van der Waals surface area (Å²) >= 11 is 0.799. The lowest BCUT2D eigenvalue weighted by Gasteiger charge is -2.12. The van der Waals surface area contributed by atoms with Gasteiger partial charge in [0.05, 0.1) is 22.1 Å². The van der Waals surface area contributed by atoms with Crippen molar-refractivity contribution >= 4 is 34.7 Å². The summed E-state index contributed by atoms with van der Waals surface area (Å²) < 4.78 is 0. The lowest BCUT2D eigenvalue weighted by molar-refractivity contribution is -0.385. The van der Waals surface area contributed by atoms with Gasteiger partial charge in [0, 0.05) is 17.8 Å². The number of rotatable bonds is 4. The van der Waals surface area contributed by atoms with Gasteiger partial charge in [-0.3, -0.25) is 29.6 Å². The zero-order valence-electron chi connectivity index (χ0n) is 12.3. The summed E-state index contributed by atoms with van der Waals surface area (Å²) in [5, 5.41) is 10.6. The SMILES string of the molecule is O=C1S/C(=C\c2ccccn2)C(=O)N1Cc1ccccc1[N+](=O)[O-]. The molecule has 2 amide bonds. The van der Waals surface area contributed by atoms with Crippen LogP contribution in [0.25, 0.3) is 6.08 Å². The van der Waals surface area contributed by atoms with Crippen LogP contribution in [-0.2, 0) is 11.3 Å². The molecule has 0 aliphatic carbocycles. The fourth-order valence-electron chi connectivity index (χ4n) is 2.22. The van der Waals surface area contributed by atoms with Crippen molar-refractivity contribution in [3.63, 3.8) is 0 Å². The Bertz CT molecular complexity index is 851. The number of hydrogen-bond acceptors (Lipinski definition) is 6. The number of amides is 2. The monoisotopic (exact) mass is 341 g/mol. The second kappa shape index (κ2) is 6.63. The molecule has 120 valence electrons. The van der Waals surface area contributed by atoms with Crippen LogP contribution in [0.4, 0.5) is 10.5 Å². The molecule has 1 aliphatic rings.